The Morgan fingerprint density at radius 1 is 1.15 bits per heavy atom. The van der Waals surface area contributed by atoms with Gasteiger partial charge in [-0.25, -0.2) is 18.2 Å². The standard InChI is InChI=1S/C15H13F3N2O6S/c1-24-13-11(7-10(19)12(20-13)14(21)25-2)27(22,23)9-5-3-8(4-6-9)26-15(16,17)18/h3-7H,19H2,1-2H3. The number of benzene rings is 1. The Hall–Kier alpha value is -3.02. The monoisotopic (exact) mass is 406 g/mol. The second-order valence-corrected chi connectivity index (χ2v) is 6.87. The molecule has 0 unspecified atom stereocenters. The molecule has 1 aromatic heterocycles. The summed E-state index contributed by atoms with van der Waals surface area (Å²) in [7, 11) is -2.06. The lowest BCUT2D eigenvalue weighted by molar-refractivity contribution is -0.274. The molecule has 0 radical (unpaired) electrons. The predicted octanol–water partition coefficient (Wildman–Crippen LogP) is 2.19. The van der Waals surface area contributed by atoms with Crippen molar-refractivity contribution in [3.63, 3.8) is 0 Å². The molecule has 0 atom stereocenters. The quantitative estimate of drug-likeness (QED) is 0.751. The van der Waals surface area contributed by atoms with Gasteiger partial charge in [-0.15, -0.1) is 13.2 Å². The molecule has 2 N–H and O–H groups in total. The Kier molecular flexibility index (Phi) is 5.49. The van der Waals surface area contributed by atoms with Crippen LogP contribution in [0.15, 0.2) is 40.1 Å². The van der Waals surface area contributed by atoms with Gasteiger partial charge in [-0.05, 0) is 30.3 Å². The number of carbonyl (C=O) groups is 1. The molecule has 0 aliphatic rings. The van der Waals surface area contributed by atoms with Gasteiger partial charge < -0.3 is 19.9 Å². The van der Waals surface area contributed by atoms with Crippen LogP contribution >= 0.6 is 0 Å². The fourth-order valence-electron chi connectivity index (χ4n) is 2.04. The molecule has 0 fully saturated rings. The number of anilines is 1. The van der Waals surface area contributed by atoms with E-state index in [0.717, 1.165) is 44.6 Å². The highest BCUT2D eigenvalue weighted by molar-refractivity contribution is 7.91. The molecule has 8 nitrogen and oxygen atoms in total. The van der Waals surface area contributed by atoms with Crippen LogP contribution in [0.2, 0.25) is 0 Å². The first-order chi connectivity index (χ1) is 12.5. The van der Waals surface area contributed by atoms with Crippen LogP contribution in [0.3, 0.4) is 0 Å². The van der Waals surface area contributed by atoms with Gasteiger partial charge in [0, 0.05) is 0 Å². The summed E-state index contributed by atoms with van der Waals surface area (Å²) in [6.45, 7) is 0. The summed E-state index contributed by atoms with van der Waals surface area (Å²) in [5.74, 6) is -1.92. The van der Waals surface area contributed by atoms with Gasteiger partial charge in [0.05, 0.1) is 24.8 Å². The van der Waals surface area contributed by atoms with Crippen LogP contribution in [0.1, 0.15) is 10.5 Å². The van der Waals surface area contributed by atoms with Crippen LogP contribution < -0.4 is 15.2 Å². The third kappa shape index (κ3) is 4.39. The number of methoxy groups -OCH3 is 2. The number of esters is 1. The van der Waals surface area contributed by atoms with E-state index < -0.39 is 38.7 Å². The summed E-state index contributed by atoms with van der Waals surface area (Å²) < 4.78 is 75.2. The van der Waals surface area contributed by atoms with E-state index in [2.05, 4.69) is 14.5 Å². The molecular weight excluding hydrogens is 393 g/mol. The van der Waals surface area contributed by atoms with Crippen LogP contribution in [-0.4, -0.2) is 40.0 Å². The second-order valence-electron chi connectivity index (χ2n) is 4.95. The zero-order valence-corrected chi connectivity index (χ0v) is 14.7. The lowest BCUT2D eigenvalue weighted by atomic mass is 10.3. The molecule has 0 spiro atoms. The van der Waals surface area contributed by atoms with Crippen molar-refractivity contribution in [2.24, 2.45) is 0 Å². The van der Waals surface area contributed by atoms with E-state index in [1.165, 1.54) is 0 Å². The fourth-order valence-corrected chi connectivity index (χ4v) is 3.43. The maximum absolute atomic E-state index is 12.8. The molecule has 2 rings (SSSR count). The summed E-state index contributed by atoms with van der Waals surface area (Å²) in [6, 6.07) is 4.47. The normalized spacial score (nSPS) is 11.7. The lowest BCUT2D eigenvalue weighted by Gasteiger charge is -2.13. The van der Waals surface area contributed by atoms with Gasteiger partial charge in [0.25, 0.3) is 0 Å². The number of ether oxygens (including phenoxy) is 3. The van der Waals surface area contributed by atoms with E-state index >= 15 is 0 Å². The lowest BCUT2D eigenvalue weighted by Crippen LogP contribution is -2.17. The number of hydrogen-bond donors (Lipinski definition) is 1. The SMILES string of the molecule is COC(=O)c1nc(OC)c(S(=O)(=O)c2ccc(OC(F)(F)F)cc2)cc1N. The van der Waals surface area contributed by atoms with E-state index in [1.54, 1.807) is 0 Å². The number of carbonyl (C=O) groups excluding carboxylic acids is 1. The second kappa shape index (κ2) is 7.31. The maximum atomic E-state index is 12.8. The topological polar surface area (TPSA) is 118 Å². The molecule has 0 bridgehead atoms. The van der Waals surface area contributed by atoms with Crippen molar-refractivity contribution in [3.05, 3.63) is 36.0 Å². The number of rotatable bonds is 5. The first-order valence-electron chi connectivity index (χ1n) is 7.03. The molecule has 27 heavy (non-hydrogen) atoms. The molecule has 0 aliphatic carbocycles. The van der Waals surface area contributed by atoms with Crippen molar-refractivity contribution < 1.29 is 40.6 Å². The molecule has 1 heterocycles. The minimum absolute atomic E-state index is 0.279. The predicted molar refractivity (Wildman–Crippen MR) is 85.1 cm³/mol. The molecule has 2 aromatic rings. The average Bonchev–Trinajstić information content (AvgIpc) is 2.59. The highest BCUT2D eigenvalue weighted by atomic mass is 32.2. The Morgan fingerprint density at radius 3 is 2.22 bits per heavy atom. The number of aromatic nitrogens is 1. The van der Waals surface area contributed by atoms with E-state index in [4.69, 9.17) is 10.5 Å². The van der Waals surface area contributed by atoms with Crippen LogP contribution in [0.5, 0.6) is 11.6 Å². The van der Waals surface area contributed by atoms with Gasteiger partial charge in [0.2, 0.25) is 15.7 Å². The Labute approximate surface area is 151 Å². The van der Waals surface area contributed by atoms with Crippen LogP contribution in [0, 0.1) is 0 Å². The molecule has 0 aliphatic heterocycles. The van der Waals surface area contributed by atoms with Gasteiger partial charge >= 0.3 is 12.3 Å². The molecule has 12 heteroatoms. The van der Waals surface area contributed by atoms with E-state index in [-0.39, 0.29) is 16.3 Å². The Morgan fingerprint density at radius 2 is 1.74 bits per heavy atom. The Bertz CT molecular complexity index is 959. The third-order valence-corrected chi connectivity index (χ3v) is 4.98. The number of nitrogens with zero attached hydrogens (tertiary/aromatic N) is 1. The Balaban J connectivity index is 2.50. The first kappa shape index (κ1) is 20.3. The number of nitrogen functional groups attached to an aromatic ring is 1. The minimum Gasteiger partial charge on any atom is -0.480 e. The van der Waals surface area contributed by atoms with E-state index in [1.807, 2.05) is 0 Å². The number of halogens is 3. The van der Waals surface area contributed by atoms with Crippen molar-refractivity contribution in [2.45, 2.75) is 16.2 Å². The molecule has 1 aromatic carbocycles. The molecule has 0 saturated heterocycles. The average molecular weight is 406 g/mol. The van der Waals surface area contributed by atoms with Crippen molar-refractivity contribution in [1.82, 2.24) is 4.98 Å². The summed E-state index contributed by atoms with van der Waals surface area (Å²) in [5.41, 5.74) is 5.04. The molecule has 0 amide bonds. The molecule has 0 saturated carbocycles. The largest absolute Gasteiger partial charge is 0.573 e. The third-order valence-electron chi connectivity index (χ3n) is 3.21. The van der Waals surface area contributed by atoms with Crippen LogP contribution in [0.4, 0.5) is 18.9 Å². The van der Waals surface area contributed by atoms with Gasteiger partial charge in [0.15, 0.2) is 5.69 Å². The van der Waals surface area contributed by atoms with Gasteiger partial charge in [0.1, 0.15) is 10.6 Å². The van der Waals surface area contributed by atoms with Crippen molar-refractivity contribution in [3.8, 4) is 11.6 Å². The number of alkyl halides is 3. The highest BCUT2D eigenvalue weighted by Crippen LogP contribution is 2.32. The molecule has 146 valence electrons. The summed E-state index contributed by atoms with van der Waals surface area (Å²) in [5, 5.41) is 0. The number of hydrogen-bond acceptors (Lipinski definition) is 8. The first-order valence-corrected chi connectivity index (χ1v) is 8.51. The van der Waals surface area contributed by atoms with Gasteiger partial charge in [-0.1, -0.05) is 0 Å². The zero-order valence-electron chi connectivity index (χ0n) is 13.9. The zero-order chi connectivity index (χ0) is 20.4. The van der Waals surface area contributed by atoms with Crippen molar-refractivity contribution in [2.75, 3.05) is 20.0 Å². The van der Waals surface area contributed by atoms with Gasteiger partial charge in [-0.2, -0.15) is 0 Å². The highest BCUT2D eigenvalue weighted by Gasteiger charge is 2.32. The van der Waals surface area contributed by atoms with Gasteiger partial charge in [-0.3, -0.25) is 0 Å². The minimum atomic E-state index is -4.91. The summed E-state index contributed by atoms with van der Waals surface area (Å²) in [6.07, 6.45) is -4.91. The summed E-state index contributed by atoms with van der Waals surface area (Å²) in [4.78, 5) is 14.5. The number of sulfone groups is 1. The number of nitrogens with two attached hydrogens (primary N) is 1. The van der Waals surface area contributed by atoms with E-state index in [0.29, 0.717) is 0 Å². The maximum Gasteiger partial charge on any atom is 0.573 e. The van der Waals surface area contributed by atoms with Crippen molar-refractivity contribution in [1.29, 1.82) is 0 Å². The van der Waals surface area contributed by atoms with Crippen LogP contribution in [-0.2, 0) is 14.6 Å². The smallest absolute Gasteiger partial charge is 0.480 e. The molecular formula is C15H13F3N2O6S. The van der Waals surface area contributed by atoms with E-state index in [9.17, 15) is 26.4 Å². The number of pyridine rings is 1. The van der Waals surface area contributed by atoms with Crippen molar-refractivity contribution >= 4 is 21.5 Å². The fraction of sp³-hybridized carbons (Fsp3) is 0.200. The summed E-state index contributed by atoms with van der Waals surface area (Å²) >= 11 is 0. The van der Waals surface area contributed by atoms with Crippen LogP contribution in [0.25, 0.3) is 0 Å².